The summed E-state index contributed by atoms with van der Waals surface area (Å²) in [5.41, 5.74) is 8.97. The molecule has 1 amide bonds. The second kappa shape index (κ2) is 5.33. The molecule has 0 spiro atoms. The Bertz CT molecular complexity index is 478. The molecular weight excluding hydrogens is 236 g/mol. The molecule has 1 heterocycles. The van der Waals surface area contributed by atoms with Gasteiger partial charge >= 0.3 is 0 Å². The first-order valence-corrected chi connectivity index (χ1v) is 7.14. The number of amides is 1. The van der Waals surface area contributed by atoms with Gasteiger partial charge < -0.3 is 10.6 Å². The van der Waals surface area contributed by atoms with Crippen molar-refractivity contribution in [1.29, 1.82) is 0 Å². The molecule has 1 aliphatic rings. The van der Waals surface area contributed by atoms with Crippen LogP contribution >= 0.6 is 0 Å². The fraction of sp³-hybridized carbons (Fsp3) is 0.562. The van der Waals surface area contributed by atoms with E-state index in [1.807, 2.05) is 18.7 Å². The number of anilines is 1. The number of aryl methyl sites for hydroxylation is 2. The van der Waals surface area contributed by atoms with E-state index in [-0.39, 0.29) is 5.91 Å². The number of benzene rings is 1. The molecule has 0 bridgehead atoms. The highest BCUT2D eigenvalue weighted by molar-refractivity contribution is 5.99. The van der Waals surface area contributed by atoms with Gasteiger partial charge in [-0.3, -0.25) is 4.79 Å². The van der Waals surface area contributed by atoms with Crippen molar-refractivity contribution in [3.8, 4) is 0 Å². The third-order valence-electron chi connectivity index (χ3n) is 4.41. The van der Waals surface area contributed by atoms with E-state index in [2.05, 4.69) is 25.1 Å². The second-order valence-electron chi connectivity index (χ2n) is 5.76. The molecule has 0 fully saturated rings. The molecule has 1 unspecified atom stereocenters. The molecule has 0 radical (unpaired) electrons. The van der Waals surface area contributed by atoms with E-state index in [4.69, 9.17) is 5.73 Å². The Morgan fingerprint density at radius 3 is 2.84 bits per heavy atom. The topological polar surface area (TPSA) is 46.3 Å². The molecule has 0 aliphatic carbocycles. The number of hydrogen-bond acceptors (Lipinski definition) is 2. The van der Waals surface area contributed by atoms with Crippen molar-refractivity contribution in [1.82, 2.24) is 0 Å². The lowest BCUT2D eigenvalue weighted by atomic mass is 9.84. The van der Waals surface area contributed by atoms with Crippen LogP contribution in [-0.2, 0) is 11.2 Å². The van der Waals surface area contributed by atoms with Gasteiger partial charge in [-0.15, -0.1) is 0 Å². The van der Waals surface area contributed by atoms with Gasteiger partial charge in [0, 0.05) is 18.8 Å². The van der Waals surface area contributed by atoms with Gasteiger partial charge in [-0.2, -0.15) is 0 Å². The molecule has 2 N–H and O–H groups in total. The Labute approximate surface area is 115 Å². The first-order valence-electron chi connectivity index (χ1n) is 7.14. The number of nitrogens with two attached hydrogens (primary N) is 1. The molecule has 2 rings (SSSR count). The maximum absolute atomic E-state index is 12.8. The Hall–Kier alpha value is -1.35. The molecule has 0 saturated heterocycles. The third kappa shape index (κ3) is 2.39. The number of nitrogens with zero attached hydrogens (tertiary/aromatic N) is 1. The fourth-order valence-corrected chi connectivity index (χ4v) is 2.76. The van der Waals surface area contributed by atoms with Gasteiger partial charge in [0.1, 0.15) is 0 Å². The van der Waals surface area contributed by atoms with Gasteiger partial charge in [0.25, 0.3) is 0 Å². The monoisotopic (exact) mass is 260 g/mol. The van der Waals surface area contributed by atoms with Crippen LogP contribution in [0.5, 0.6) is 0 Å². The lowest BCUT2D eigenvalue weighted by Crippen LogP contribution is -2.48. The average Bonchev–Trinajstić information content (AvgIpc) is 2.45. The van der Waals surface area contributed by atoms with E-state index in [0.29, 0.717) is 6.54 Å². The summed E-state index contributed by atoms with van der Waals surface area (Å²) in [5, 5.41) is 0. The van der Waals surface area contributed by atoms with Crippen LogP contribution in [0.15, 0.2) is 18.2 Å². The first kappa shape index (κ1) is 14.1. The Morgan fingerprint density at radius 2 is 2.21 bits per heavy atom. The summed E-state index contributed by atoms with van der Waals surface area (Å²) < 4.78 is 0. The van der Waals surface area contributed by atoms with Crippen LogP contribution in [0.2, 0.25) is 0 Å². The Balaban J connectivity index is 2.42. The van der Waals surface area contributed by atoms with Crippen molar-refractivity contribution in [2.75, 3.05) is 18.0 Å². The number of hydrogen-bond donors (Lipinski definition) is 1. The van der Waals surface area contributed by atoms with Gasteiger partial charge in [-0.05, 0) is 44.2 Å². The van der Waals surface area contributed by atoms with Gasteiger partial charge in [-0.25, -0.2) is 0 Å². The summed E-state index contributed by atoms with van der Waals surface area (Å²) in [5.74, 6) is 0.174. The molecule has 104 valence electrons. The Kier molecular flexibility index (Phi) is 3.95. The molecule has 3 heteroatoms. The SMILES string of the molecule is CCC(C)(CN)C(=O)N1CCCc2cccc(C)c21. The smallest absolute Gasteiger partial charge is 0.234 e. The van der Waals surface area contributed by atoms with Crippen LogP contribution in [0.25, 0.3) is 0 Å². The van der Waals surface area contributed by atoms with Crippen molar-refractivity contribution in [3.63, 3.8) is 0 Å². The molecule has 1 aliphatic heterocycles. The van der Waals surface area contributed by atoms with Crippen molar-refractivity contribution in [2.45, 2.75) is 40.0 Å². The normalized spacial score (nSPS) is 17.8. The van der Waals surface area contributed by atoms with Crippen molar-refractivity contribution in [3.05, 3.63) is 29.3 Å². The minimum atomic E-state index is -0.448. The van der Waals surface area contributed by atoms with Crippen LogP contribution in [0.3, 0.4) is 0 Å². The van der Waals surface area contributed by atoms with Crippen molar-refractivity contribution in [2.24, 2.45) is 11.1 Å². The van der Waals surface area contributed by atoms with Crippen LogP contribution in [-0.4, -0.2) is 19.0 Å². The lowest BCUT2D eigenvalue weighted by molar-refractivity contribution is -0.127. The van der Waals surface area contributed by atoms with E-state index < -0.39 is 5.41 Å². The van der Waals surface area contributed by atoms with E-state index in [9.17, 15) is 4.79 Å². The van der Waals surface area contributed by atoms with Crippen LogP contribution in [0.4, 0.5) is 5.69 Å². The standard InChI is InChI=1S/C16H24N2O/c1-4-16(3,11-17)15(19)18-10-6-9-13-8-5-7-12(2)14(13)18/h5,7-8H,4,6,9-11,17H2,1-3H3. The number of carbonyl (C=O) groups excluding carboxylic acids is 1. The molecule has 0 aromatic heterocycles. The maximum Gasteiger partial charge on any atom is 0.234 e. The molecule has 3 nitrogen and oxygen atoms in total. The zero-order valence-electron chi connectivity index (χ0n) is 12.2. The number of fused-ring (bicyclic) bond motifs is 1. The highest BCUT2D eigenvalue weighted by atomic mass is 16.2. The van der Waals surface area contributed by atoms with Gasteiger partial charge in [0.05, 0.1) is 5.41 Å². The van der Waals surface area contributed by atoms with E-state index in [1.165, 1.54) is 11.1 Å². The van der Waals surface area contributed by atoms with Gasteiger partial charge in [0.2, 0.25) is 5.91 Å². The van der Waals surface area contributed by atoms with Crippen molar-refractivity contribution >= 4 is 11.6 Å². The van der Waals surface area contributed by atoms with E-state index in [1.54, 1.807) is 0 Å². The predicted octanol–water partition coefficient (Wildman–Crippen LogP) is 2.65. The minimum absolute atomic E-state index is 0.174. The third-order valence-corrected chi connectivity index (χ3v) is 4.41. The zero-order valence-corrected chi connectivity index (χ0v) is 12.2. The lowest BCUT2D eigenvalue weighted by Gasteiger charge is -2.37. The fourth-order valence-electron chi connectivity index (χ4n) is 2.76. The second-order valence-corrected chi connectivity index (χ2v) is 5.76. The zero-order chi connectivity index (χ0) is 14.0. The highest BCUT2D eigenvalue weighted by Gasteiger charge is 2.36. The summed E-state index contributed by atoms with van der Waals surface area (Å²) >= 11 is 0. The molecule has 1 aromatic rings. The molecular formula is C16H24N2O. The maximum atomic E-state index is 12.8. The van der Waals surface area contributed by atoms with Gasteiger partial charge in [-0.1, -0.05) is 25.1 Å². The van der Waals surface area contributed by atoms with Crippen LogP contribution in [0.1, 0.15) is 37.8 Å². The molecule has 1 atom stereocenters. The predicted molar refractivity (Wildman–Crippen MR) is 79.3 cm³/mol. The summed E-state index contributed by atoms with van der Waals surface area (Å²) in [6, 6.07) is 6.29. The number of carbonyl (C=O) groups is 1. The Morgan fingerprint density at radius 1 is 1.47 bits per heavy atom. The van der Waals surface area contributed by atoms with Crippen LogP contribution < -0.4 is 10.6 Å². The van der Waals surface area contributed by atoms with Gasteiger partial charge in [0.15, 0.2) is 0 Å². The summed E-state index contributed by atoms with van der Waals surface area (Å²) in [6.45, 7) is 7.30. The number of rotatable bonds is 3. The summed E-state index contributed by atoms with van der Waals surface area (Å²) in [7, 11) is 0. The largest absolute Gasteiger partial charge is 0.329 e. The first-order chi connectivity index (χ1) is 9.03. The minimum Gasteiger partial charge on any atom is -0.329 e. The summed E-state index contributed by atoms with van der Waals surface area (Å²) in [4.78, 5) is 14.8. The summed E-state index contributed by atoms with van der Waals surface area (Å²) in [6.07, 6.45) is 2.87. The molecule has 19 heavy (non-hydrogen) atoms. The van der Waals surface area contributed by atoms with Crippen LogP contribution in [0, 0.1) is 12.3 Å². The van der Waals surface area contributed by atoms with Crippen molar-refractivity contribution < 1.29 is 4.79 Å². The molecule has 0 saturated carbocycles. The average molecular weight is 260 g/mol. The highest BCUT2D eigenvalue weighted by Crippen LogP contribution is 2.34. The quantitative estimate of drug-likeness (QED) is 0.908. The number of para-hydroxylation sites is 1. The molecule has 1 aromatic carbocycles. The van der Waals surface area contributed by atoms with E-state index >= 15 is 0 Å². The van der Waals surface area contributed by atoms with E-state index in [0.717, 1.165) is 31.5 Å².